The maximum atomic E-state index is 12.4. The molecule has 0 saturated carbocycles. The smallest absolute Gasteiger partial charge is 0.230 e. The monoisotopic (exact) mass is 381 g/mol. The zero-order valence-corrected chi connectivity index (χ0v) is 16.5. The number of aryl methyl sites for hydroxylation is 1. The molecule has 0 aliphatic heterocycles. The third-order valence-electron chi connectivity index (χ3n) is 4.33. The molecule has 0 saturated heterocycles. The molecule has 2 heterocycles. The van der Waals surface area contributed by atoms with E-state index in [1.54, 1.807) is 12.4 Å². The molecule has 2 aromatic heterocycles. The average molecular weight is 382 g/mol. The first-order valence-corrected chi connectivity index (χ1v) is 9.85. The van der Waals surface area contributed by atoms with Crippen molar-refractivity contribution in [2.24, 2.45) is 7.05 Å². The summed E-state index contributed by atoms with van der Waals surface area (Å²) in [5, 5.41) is 12.3. The molecule has 27 heavy (non-hydrogen) atoms. The second kappa shape index (κ2) is 8.81. The predicted octanol–water partition coefficient (Wildman–Crippen LogP) is 3.55. The Labute approximate surface area is 163 Å². The summed E-state index contributed by atoms with van der Waals surface area (Å²) in [6.45, 7) is 4.13. The minimum Gasteiger partial charge on any atom is -0.349 e. The van der Waals surface area contributed by atoms with Crippen molar-refractivity contribution in [3.05, 3.63) is 59.9 Å². The van der Waals surface area contributed by atoms with Gasteiger partial charge in [0.25, 0.3) is 0 Å². The number of carbonyl (C=O) groups is 1. The highest BCUT2D eigenvalue weighted by atomic mass is 32.2. The molecule has 1 N–H and O–H groups in total. The third-order valence-corrected chi connectivity index (χ3v) is 5.35. The van der Waals surface area contributed by atoms with Gasteiger partial charge in [-0.25, -0.2) is 0 Å². The Kier molecular flexibility index (Phi) is 6.24. The van der Waals surface area contributed by atoms with Gasteiger partial charge in [0.05, 0.1) is 11.8 Å². The van der Waals surface area contributed by atoms with E-state index in [1.807, 2.05) is 23.7 Å². The van der Waals surface area contributed by atoms with Crippen LogP contribution in [0.5, 0.6) is 0 Å². The Hall–Kier alpha value is -2.67. The number of hydrogen-bond acceptors (Lipinski definition) is 5. The van der Waals surface area contributed by atoms with E-state index in [9.17, 15) is 4.79 Å². The number of nitrogens with zero attached hydrogens (tertiary/aromatic N) is 4. The molecule has 1 aromatic carbocycles. The van der Waals surface area contributed by atoms with Crippen LogP contribution >= 0.6 is 11.8 Å². The Bertz CT molecular complexity index is 892. The summed E-state index contributed by atoms with van der Waals surface area (Å²) in [5.41, 5.74) is 3.28. The number of carbonyl (C=O) groups excluding carboxylic acids is 1. The van der Waals surface area contributed by atoms with Gasteiger partial charge in [0.2, 0.25) is 5.91 Å². The lowest BCUT2D eigenvalue weighted by Crippen LogP contribution is -2.29. The molecule has 0 bridgehead atoms. The topological polar surface area (TPSA) is 72.7 Å². The quantitative estimate of drug-likeness (QED) is 0.634. The predicted molar refractivity (Wildman–Crippen MR) is 107 cm³/mol. The minimum atomic E-state index is -0.0131. The Balaban J connectivity index is 1.60. The van der Waals surface area contributed by atoms with E-state index < -0.39 is 0 Å². The molecule has 3 aromatic rings. The van der Waals surface area contributed by atoms with Crippen LogP contribution in [0.4, 0.5) is 0 Å². The van der Waals surface area contributed by atoms with Gasteiger partial charge in [0.15, 0.2) is 11.0 Å². The van der Waals surface area contributed by atoms with Crippen molar-refractivity contribution in [3.8, 4) is 11.4 Å². The normalized spacial score (nSPS) is 12.0. The van der Waals surface area contributed by atoms with Crippen LogP contribution in [0.2, 0.25) is 0 Å². The SMILES string of the molecule is CC[C@@H](NC(=O)CSc1nnc(-c2ccncc2)n1C)c1ccc(C)cc1. The molecule has 0 unspecified atom stereocenters. The van der Waals surface area contributed by atoms with Crippen molar-refractivity contribution in [1.29, 1.82) is 0 Å². The number of rotatable bonds is 7. The summed E-state index contributed by atoms with van der Waals surface area (Å²) in [5.74, 6) is 1.04. The first-order chi connectivity index (χ1) is 13.1. The fraction of sp³-hybridized carbons (Fsp3) is 0.300. The van der Waals surface area contributed by atoms with Gasteiger partial charge in [-0.1, -0.05) is 48.5 Å². The molecule has 7 heteroatoms. The largest absolute Gasteiger partial charge is 0.349 e. The number of pyridine rings is 1. The fourth-order valence-electron chi connectivity index (χ4n) is 2.78. The molecule has 1 amide bonds. The van der Waals surface area contributed by atoms with Crippen LogP contribution in [-0.2, 0) is 11.8 Å². The van der Waals surface area contributed by atoms with E-state index in [1.165, 1.54) is 17.3 Å². The number of nitrogens with one attached hydrogen (secondary N) is 1. The minimum absolute atomic E-state index is 0.0131. The van der Waals surface area contributed by atoms with Crippen molar-refractivity contribution in [3.63, 3.8) is 0 Å². The van der Waals surface area contributed by atoms with Crippen molar-refractivity contribution in [1.82, 2.24) is 25.1 Å². The van der Waals surface area contributed by atoms with Crippen LogP contribution < -0.4 is 5.32 Å². The van der Waals surface area contributed by atoms with Crippen LogP contribution in [-0.4, -0.2) is 31.4 Å². The lowest BCUT2D eigenvalue weighted by Gasteiger charge is -2.17. The average Bonchev–Trinajstić information content (AvgIpc) is 3.06. The summed E-state index contributed by atoms with van der Waals surface area (Å²) < 4.78 is 1.89. The molecule has 140 valence electrons. The number of thioether (sulfide) groups is 1. The third kappa shape index (κ3) is 4.74. The summed E-state index contributed by atoms with van der Waals surface area (Å²) in [6, 6.07) is 12.1. The molecule has 1 atom stereocenters. The standard InChI is InChI=1S/C20H23N5OS/c1-4-17(15-7-5-14(2)6-8-15)22-18(26)13-27-20-24-23-19(25(20)3)16-9-11-21-12-10-16/h5-12,17H,4,13H2,1-3H3,(H,22,26)/t17-/m1/s1. The van der Waals surface area contributed by atoms with Crippen molar-refractivity contribution >= 4 is 17.7 Å². The number of amides is 1. The summed E-state index contributed by atoms with van der Waals surface area (Å²) in [4.78, 5) is 16.4. The van der Waals surface area contributed by atoms with Gasteiger partial charge >= 0.3 is 0 Å². The van der Waals surface area contributed by atoms with Gasteiger partial charge < -0.3 is 9.88 Å². The Morgan fingerprint density at radius 3 is 2.52 bits per heavy atom. The number of hydrogen-bond donors (Lipinski definition) is 1. The molecule has 0 spiro atoms. The summed E-state index contributed by atoms with van der Waals surface area (Å²) in [7, 11) is 1.90. The first-order valence-electron chi connectivity index (χ1n) is 8.87. The van der Waals surface area contributed by atoms with Gasteiger partial charge in [-0.3, -0.25) is 9.78 Å². The first kappa shape index (κ1) is 19.1. The van der Waals surface area contributed by atoms with Crippen molar-refractivity contribution < 1.29 is 4.79 Å². The molecular weight excluding hydrogens is 358 g/mol. The lowest BCUT2D eigenvalue weighted by molar-refractivity contribution is -0.119. The number of benzene rings is 1. The van der Waals surface area contributed by atoms with Crippen LogP contribution in [0.3, 0.4) is 0 Å². The zero-order valence-electron chi connectivity index (χ0n) is 15.7. The Morgan fingerprint density at radius 2 is 1.85 bits per heavy atom. The van der Waals surface area contributed by atoms with Crippen LogP contribution in [0.1, 0.15) is 30.5 Å². The van der Waals surface area contributed by atoms with Crippen LogP contribution in [0.25, 0.3) is 11.4 Å². The fourth-order valence-corrected chi connectivity index (χ4v) is 3.50. The second-order valence-corrected chi connectivity index (χ2v) is 7.27. The zero-order chi connectivity index (χ0) is 19.2. The molecule has 6 nitrogen and oxygen atoms in total. The highest BCUT2D eigenvalue weighted by Gasteiger charge is 2.15. The molecule has 0 fully saturated rings. The number of aromatic nitrogens is 4. The Morgan fingerprint density at radius 1 is 1.15 bits per heavy atom. The van der Waals surface area contributed by atoms with Crippen LogP contribution in [0.15, 0.2) is 53.9 Å². The van der Waals surface area contributed by atoms with E-state index in [2.05, 4.69) is 58.6 Å². The van der Waals surface area contributed by atoms with E-state index in [-0.39, 0.29) is 11.9 Å². The maximum absolute atomic E-state index is 12.4. The summed E-state index contributed by atoms with van der Waals surface area (Å²) >= 11 is 1.38. The van der Waals surface area contributed by atoms with E-state index in [0.717, 1.165) is 23.4 Å². The highest BCUT2D eigenvalue weighted by Crippen LogP contribution is 2.22. The van der Waals surface area contributed by atoms with Crippen molar-refractivity contribution in [2.45, 2.75) is 31.5 Å². The van der Waals surface area contributed by atoms with E-state index in [4.69, 9.17) is 0 Å². The maximum Gasteiger partial charge on any atom is 0.230 e. The second-order valence-electron chi connectivity index (χ2n) is 6.33. The molecular formula is C20H23N5OS. The van der Waals surface area contributed by atoms with Gasteiger partial charge in [0.1, 0.15) is 0 Å². The lowest BCUT2D eigenvalue weighted by atomic mass is 10.0. The van der Waals surface area contributed by atoms with E-state index in [0.29, 0.717) is 10.9 Å². The van der Waals surface area contributed by atoms with Gasteiger partial charge in [-0.05, 0) is 31.0 Å². The molecule has 0 aliphatic carbocycles. The van der Waals surface area contributed by atoms with Crippen LogP contribution in [0, 0.1) is 6.92 Å². The van der Waals surface area contributed by atoms with Gasteiger partial charge in [0, 0.05) is 25.0 Å². The van der Waals surface area contributed by atoms with E-state index >= 15 is 0 Å². The molecule has 0 radical (unpaired) electrons. The summed E-state index contributed by atoms with van der Waals surface area (Å²) in [6.07, 6.45) is 4.29. The van der Waals surface area contributed by atoms with Gasteiger partial charge in [-0.2, -0.15) is 0 Å². The molecule has 0 aliphatic rings. The van der Waals surface area contributed by atoms with Crippen molar-refractivity contribution in [2.75, 3.05) is 5.75 Å². The van der Waals surface area contributed by atoms with Gasteiger partial charge in [-0.15, -0.1) is 10.2 Å². The highest BCUT2D eigenvalue weighted by molar-refractivity contribution is 7.99. The molecule has 3 rings (SSSR count).